The van der Waals surface area contributed by atoms with E-state index in [1.807, 2.05) is 26.8 Å². The molecule has 1 unspecified atom stereocenters. The van der Waals surface area contributed by atoms with Gasteiger partial charge in [-0.2, -0.15) is 0 Å². The maximum Gasteiger partial charge on any atom is 0.301 e. The molecule has 1 fully saturated rings. The zero-order valence-electron chi connectivity index (χ0n) is 22.9. The molecule has 1 saturated heterocycles. The molecule has 5 rings (SSSR count). The first-order valence-electron chi connectivity index (χ1n) is 13.2. The Labute approximate surface area is 246 Å². The van der Waals surface area contributed by atoms with Crippen LogP contribution in [0.2, 0.25) is 0 Å². The first-order valence-corrected chi connectivity index (χ1v) is 15.0. The molecule has 0 saturated carbocycles. The van der Waals surface area contributed by atoms with E-state index in [-0.39, 0.29) is 16.5 Å². The van der Waals surface area contributed by atoms with Gasteiger partial charge in [0.05, 0.1) is 24.8 Å². The van der Waals surface area contributed by atoms with Crippen molar-refractivity contribution in [3.8, 4) is 11.5 Å². The van der Waals surface area contributed by atoms with E-state index >= 15 is 0 Å². The van der Waals surface area contributed by atoms with Crippen molar-refractivity contribution in [3.05, 3.63) is 101 Å². The summed E-state index contributed by atoms with van der Waals surface area (Å²) in [4.78, 5) is 28.4. The smallest absolute Gasteiger partial charge is 0.301 e. The molecule has 0 aliphatic carbocycles. The number of rotatable bonds is 10. The lowest BCUT2D eigenvalue weighted by atomic mass is 9.95. The molecular formula is C31H29N3O5S2. The Kier molecular flexibility index (Phi) is 8.70. The number of aryl methyl sites for hydroxylation is 1. The molecule has 8 nitrogen and oxygen atoms in total. The van der Waals surface area contributed by atoms with Gasteiger partial charge in [0.15, 0.2) is 15.8 Å². The Hall–Kier alpha value is -4.15. The van der Waals surface area contributed by atoms with Gasteiger partial charge in [0, 0.05) is 11.3 Å². The maximum absolute atomic E-state index is 13.5. The molecule has 41 heavy (non-hydrogen) atoms. The highest BCUT2D eigenvalue weighted by Crippen LogP contribution is 2.45. The van der Waals surface area contributed by atoms with Gasteiger partial charge in [0.2, 0.25) is 5.13 Å². The van der Waals surface area contributed by atoms with E-state index in [0.29, 0.717) is 45.9 Å². The van der Waals surface area contributed by atoms with E-state index in [0.717, 1.165) is 5.56 Å². The van der Waals surface area contributed by atoms with Crippen molar-refractivity contribution in [3.63, 3.8) is 0 Å². The predicted molar refractivity (Wildman–Crippen MR) is 161 cm³/mol. The van der Waals surface area contributed by atoms with Crippen LogP contribution >= 0.6 is 23.1 Å². The van der Waals surface area contributed by atoms with E-state index in [1.54, 1.807) is 42.5 Å². The molecule has 1 N–H and O–H groups in total. The summed E-state index contributed by atoms with van der Waals surface area (Å²) in [5.74, 6) is -0.144. The average Bonchev–Trinajstić information content (AvgIpc) is 3.56. The van der Waals surface area contributed by atoms with Crippen molar-refractivity contribution >= 4 is 45.7 Å². The number of ketones is 1. The lowest BCUT2D eigenvalue weighted by Crippen LogP contribution is -2.29. The summed E-state index contributed by atoms with van der Waals surface area (Å²) in [5, 5.41) is 20.2. The van der Waals surface area contributed by atoms with Crippen molar-refractivity contribution in [2.75, 3.05) is 18.1 Å². The largest absolute Gasteiger partial charge is 0.507 e. The molecule has 3 aromatic carbocycles. The van der Waals surface area contributed by atoms with Crippen molar-refractivity contribution in [1.29, 1.82) is 0 Å². The number of hydrogen-bond acceptors (Lipinski definition) is 9. The summed E-state index contributed by atoms with van der Waals surface area (Å²) in [6.07, 6.45) is 0. The number of ether oxygens (including phenoxy) is 2. The summed E-state index contributed by atoms with van der Waals surface area (Å²) in [6.45, 7) is 6.62. The minimum atomic E-state index is -0.951. The number of hydrogen-bond donors (Lipinski definition) is 1. The van der Waals surface area contributed by atoms with Crippen molar-refractivity contribution < 1.29 is 24.2 Å². The Balaban J connectivity index is 1.57. The van der Waals surface area contributed by atoms with Crippen LogP contribution in [-0.4, -0.2) is 40.2 Å². The number of anilines is 1. The fourth-order valence-electron chi connectivity index (χ4n) is 4.52. The quantitative estimate of drug-likeness (QED) is 0.0732. The Morgan fingerprint density at radius 1 is 0.951 bits per heavy atom. The van der Waals surface area contributed by atoms with Crippen LogP contribution in [0.4, 0.5) is 5.13 Å². The van der Waals surface area contributed by atoms with Crippen LogP contribution in [0.25, 0.3) is 5.76 Å². The van der Waals surface area contributed by atoms with E-state index in [2.05, 4.69) is 34.5 Å². The highest BCUT2D eigenvalue weighted by Gasteiger charge is 2.48. The van der Waals surface area contributed by atoms with Gasteiger partial charge in [-0.05, 0) is 44.0 Å². The fraction of sp³-hybridized carbons (Fsp3) is 0.226. The number of carbonyl (C=O) groups excluding carboxylic acids is 2. The summed E-state index contributed by atoms with van der Waals surface area (Å²) < 4.78 is 12.2. The number of aliphatic hydroxyl groups is 1. The number of thioether (sulfide) groups is 1. The third-order valence-electron chi connectivity index (χ3n) is 6.46. The lowest BCUT2D eigenvalue weighted by Gasteiger charge is -2.23. The van der Waals surface area contributed by atoms with Crippen LogP contribution in [-0.2, 0) is 15.3 Å². The van der Waals surface area contributed by atoms with Crippen LogP contribution in [0, 0.1) is 6.92 Å². The van der Waals surface area contributed by atoms with Gasteiger partial charge < -0.3 is 14.6 Å². The minimum Gasteiger partial charge on any atom is -0.507 e. The van der Waals surface area contributed by atoms with Crippen molar-refractivity contribution in [2.24, 2.45) is 0 Å². The topological polar surface area (TPSA) is 102 Å². The number of aliphatic hydroxyl groups excluding tert-OH is 1. The predicted octanol–water partition coefficient (Wildman–Crippen LogP) is 6.56. The van der Waals surface area contributed by atoms with Crippen LogP contribution < -0.4 is 14.4 Å². The molecule has 0 spiro atoms. The normalized spacial score (nSPS) is 16.3. The molecule has 210 valence electrons. The van der Waals surface area contributed by atoms with Gasteiger partial charge in [-0.15, -0.1) is 10.2 Å². The lowest BCUT2D eigenvalue weighted by molar-refractivity contribution is -0.132. The fourth-order valence-corrected chi connectivity index (χ4v) is 6.35. The molecule has 10 heteroatoms. The summed E-state index contributed by atoms with van der Waals surface area (Å²) in [6, 6.07) is 21.2. The van der Waals surface area contributed by atoms with Gasteiger partial charge in [-0.25, -0.2) is 0 Å². The highest BCUT2D eigenvalue weighted by atomic mass is 32.2. The van der Waals surface area contributed by atoms with Crippen LogP contribution in [0.3, 0.4) is 0 Å². The number of nitrogens with zero attached hydrogens (tertiary/aromatic N) is 3. The second-order valence-electron chi connectivity index (χ2n) is 9.23. The first-order chi connectivity index (χ1) is 19.9. The molecular weight excluding hydrogens is 558 g/mol. The van der Waals surface area contributed by atoms with Gasteiger partial charge >= 0.3 is 5.91 Å². The van der Waals surface area contributed by atoms with Crippen LogP contribution in [0.5, 0.6) is 11.5 Å². The molecule has 1 aromatic heterocycles. The molecule has 0 bridgehead atoms. The zero-order chi connectivity index (χ0) is 28.9. The summed E-state index contributed by atoms with van der Waals surface area (Å²) in [7, 11) is 0. The SMILES string of the molecule is CCOc1ccc(C2C(=C(O)c3ccccc3)C(=O)C(=O)N2c2nnc(SCc3ccc(C)cc3)s2)cc1OCC. The molecule has 1 aliphatic rings. The molecule has 1 atom stereocenters. The van der Waals surface area contributed by atoms with E-state index in [9.17, 15) is 14.7 Å². The standard InChI is InChI=1S/C31H29N3O5S2/c1-4-38-23-16-15-22(17-24(23)39-5-2)26-25(27(35)21-9-7-6-8-10-21)28(36)29(37)34(26)30-32-33-31(41-30)40-18-20-13-11-19(3)12-14-20/h6-17,26,35H,4-5,18H2,1-3H3. The second-order valence-corrected chi connectivity index (χ2v) is 11.4. The summed E-state index contributed by atoms with van der Waals surface area (Å²) >= 11 is 2.73. The van der Waals surface area contributed by atoms with Gasteiger partial charge in [0.1, 0.15) is 5.76 Å². The molecule has 1 aliphatic heterocycles. The zero-order valence-corrected chi connectivity index (χ0v) is 24.5. The van der Waals surface area contributed by atoms with E-state index < -0.39 is 17.7 Å². The van der Waals surface area contributed by atoms with Crippen molar-refractivity contribution in [2.45, 2.75) is 36.9 Å². The monoisotopic (exact) mass is 587 g/mol. The second kappa shape index (κ2) is 12.6. The number of amides is 1. The Morgan fingerprint density at radius 3 is 2.37 bits per heavy atom. The van der Waals surface area contributed by atoms with Crippen LogP contribution in [0.15, 0.2) is 82.7 Å². The molecule has 2 heterocycles. The average molecular weight is 588 g/mol. The maximum atomic E-state index is 13.5. The number of Topliss-reactive ketones (excluding diaryl/α,β-unsaturated/α-hetero) is 1. The first kappa shape index (κ1) is 28.4. The molecule has 0 radical (unpaired) electrons. The highest BCUT2D eigenvalue weighted by molar-refractivity contribution is 8.00. The van der Waals surface area contributed by atoms with E-state index in [4.69, 9.17) is 9.47 Å². The number of benzene rings is 3. The molecule has 1 amide bonds. The van der Waals surface area contributed by atoms with E-state index in [1.165, 1.54) is 33.6 Å². The number of aromatic nitrogens is 2. The van der Waals surface area contributed by atoms with Gasteiger partial charge in [-0.3, -0.25) is 14.5 Å². The minimum absolute atomic E-state index is 0.0307. The Bertz CT molecular complexity index is 1590. The number of carbonyl (C=O) groups is 2. The van der Waals surface area contributed by atoms with Crippen LogP contribution in [0.1, 0.15) is 42.1 Å². The third kappa shape index (κ3) is 5.98. The molecule has 4 aromatic rings. The van der Waals surface area contributed by atoms with Gasteiger partial charge in [-0.1, -0.05) is 89.3 Å². The third-order valence-corrected chi connectivity index (χ3v) is 8.59. The Morgan fingerprint density at radius 2 is 1.66 bits per heavy atom. The summed E-state index contributed by atoms with van der Waals surface area (Å²) in [5.41, 5.74) is 3.29. The van der Waals surface area contributed by atoms with Gasteiger partial charge in [0.25, 0.3) is 5.78 Å². The van der Waals surface area contributed by atoms with Crippen molar-refractivity contribution in [1.82, 2.24) is 10.2 Å².